The van der Waals surface area contributed by atoms with E-state index in [1.807, 2.05) is 17.5 Å². The number of carboxylic acid groups (broad SMARTS) is 1. The van der Waals surface area contributed by atoms with E-state index >= 15 is 0 Å². The number of aliphatic carboxylic acids is 1. The lowest BCUT2D eigenvalue weighted by atomic mass is 9.93. The first kappa shape index (κ1) is 14.8. The van der Waals surface area contributed by atoms with Crippen LogP contribution >= 0.6 is 11.3 Å². The van der Waals surface area contributed by atoms with Crippen LogP contribution in [0.3, 0.4) is 0 Å². The van der Waals surface area contributed by atoms with Crippen LogP contribution in [0.15, 0.2) is 23.6 Å². The normalized spacial score (nSPS) is 15.9. The first-order chi connectivity index (χ1) is 10.6. The molecule has 0 spiro atoms. The lowest BCUT2D eigenvalue weighted by Crippen LogP contribution is -2.39. The zero-order chi connectivity index (χ0) is 15.5. The molecule has 7 heteroatoms. The number of thiophene rings is 1. The molecule has 0 saturated carbocycles. The molecule has 0 atom stereocenters. The molecule has 1 fully saturated rings. The van der Waals surface area contributed by atoms with Crippen molar-refractivity contribution >= 4 is 23.2 Å². The quantitative estimate of drug-likeness (QED) is 0.906. The number of amides is 1. The van der Waals surface area contributed by atoms with Gasteiger partial charge in [-0.3, -0.25) is 14.7 Å². The number of piperidine rings is 1. The average Bonchev–Trinajstić information content (AvgIpc) is 3.18. The van der Waals surface area contributed by atoms with Crippen molar-refractivity contribution in [3.8, 4) is 10.6 Å². The van der Waals surface area contributed by atoms with Crippen LogP contribution in [-0.4, -0.2) is 45.2 Å². The summed E-state index contributed by atoms with van der Waals surface area (Å²) in [5.41, 5.74) is 1.26. The maximum atomic E-state index is 12.4. The second kappa shape index (κ2) is 6.31. The molecule has 2 aromatic rings. The highest BCUT2D eigenvalue weighted by atomic mass is 32.1. The Morgan fingerprint density at radius 2 is 2.18 bits per heavy atom. The average molecular weight is 319 g/mol. The summed E-state index contributed by atoms with van der Waals surface area (Å²) in [6.45, 7) is 1.19. The van der Waals surface area contributed by atoms with Gasteiger partial charge in [0.2, 0.25) is 0 Å². The van der Waals surface area contributed by atoms with Gasteiger partial charge >= 0.3 is 5.97 Å². The number of hydrogen-bond acceptors (Lipinski definition) is 4. The number of hydrogen-bond donors (Lipinski definition) is 2. The Labute approximate surface area is 131 Å². The molecule has 1 aliphatic rings. The Bertz CT molecular complexity index is 657. The molecular formula is C15H17N3O3S. The Morgan fingerprint density at radius 3 is 2.82 bits per heavy atom. The highest BCUT2D eigenvalue weighted by molar-refractivity contribution is 7.13. The summed E-state index contributed by atoms with van der Waals surface area (Å²) in [6.07, 6.45) is 1.66. The second-order valence-corrected chi connectivity index (χ2v) is 6.43. The molecule has 3 rings (SSSR count). The molecule has 0 aliphatic carbocycles. The van der Waals surface area contributed by atoms with E-state index in [-0.39, 0.29) is 18.2 Å². The van der Waals surface area contributed by atoms with Gasteiger partial charge in [0.1, 0.15) is 0 Å². The summed E-state index contributed by atoms with van der Waals surface area (Å²) in [7, 11) is 0. The first-order valence-corrected chi connectivity index (χ1v) is 8.12. The van der Waals surface area contributed by atoms with Gasteiger partial charge < -0.3 is 10.0 Å². The number of carbonyl (C=O) groups excluding carboxylic acids is 1. The van der Waals surface area contributed by atoms with Crippen molar-refractivity contribution in [2.75, 3.05) is 13.1 Å². The van der Waals surface area contributed by atoms with Crippen molar-refractivity contribution in [2.45, 2.75) is 19.3 Å². The number of rotatable bonds is 4. The highest BCUT2D eigenvalue weighted by Crippen LogP contribution is 2.25. The van der Waals surface area contributed by atoms with Gasteiger partial charge in [0.15, 0.2) is 5.69 Å². The predicted octanol–water partition coefficient (Wildman–Crippen LogP) is 2.47. The molecule has 6 nitrogen and oxygen atoms in total. The van der Waals surface area contributed by atoms with Gasteiger partial charge in [-0.05, 0) is 36.3 Å². The molecular weight excluding hydrogens is 302 g/mol. The van der Waals surface area contributed by atoms with E-state index in [2.05, 4.69) is 10.2 Å². The Balaban J connectivity index is 1.62. The van der Waals surface area contributed by atoms with E-state index in [1.165, 1.54) is 0 Å². The third-order valence-corrected chi connectivity index (χ3v) is 4.85. The summed E-state index contributed by atoms with van der Waals surface area (Å²) in [5.74, 6) is -0.687. The van der Waals surface area contributed by atoms with Gasteiger partial charge in [-0.25, -0.2) is 0 Å². The van der Waals surface area contributed by atoms with Gasteiger partial charge in [0.05, 0.1) is 10.6 Å². The van der Waals surface area contributed by atoms with Crippen LogP contribution in [0, 0.1) is 5.92 Å². The zero-order valence-corrected chi connectivity index (χ0v) is 12.8. The summed E-state index contributed by atoms with van der Waals surface area (Å²) in [6, 6.07) is 5.71. The summed E-state index contributed by atoms with van der Waals surface area (Å²) >= 11 is 1.59. The number of carbonyl (C=O) groups is 2. The van der Waals surface area contributed by atoms with Crippen molar-refractivity contribution in [3.05, 3.63) is 29.3 Å². The van der Waals surface area contributed by atoms with Crippen molar-refractivity contribution < 1.29 is 14.7 Å². The van der Waals surface area contributed by atoms with E-state index < -0.39 is 5.97 Å². The maximum Gasteiger partial charge on any atom is 0.303 e. The van der Waals surface area contributed by atoms with Crippen LogP contribution < -0.4 is 0 Å². The summed E-state index contributed by atoms with van der Waals surface area (Å²) in [4.78, 5) is 26.0. The largest absolute Gasteiger partial charge is 0.481 e. The fourth-order valence-corrected chi connectivity index (χ4v) is 3.43. The second-order valence-electron chi connectivity index (χ2n) is 5.48. The molecule has 0 unspecified atom stereocenters. The number of nitrogens with zero attached hydrogens (tertiary/aromatic N) is 2. The monoisotopic (exact) mass is 319 g/mol. The number of likely N-dealkylation sites (tertiary alicyclic amines) is 1. The molecule has 3 heterocycles. The minimum atomic E-state index is -0.766. The van der Waals surface area contributed by atoms with Crippen LogP contribution in [0.1, 0.15) is 29.8 Å². The molecule has 0 radical (unpaired) electrons. The van der Waals surface area contributed by atoms with Gasteiger partial charge in [0.25, 0.3) is 5.91 Å². The van der Waals surface area contributed by atoms with Crippen molar-refractivity contribution in [3.63, 3.8) is 0 Å². The third-order valence-electron chi connectivity index (χ3n) is 3.95. The number of aromatic amines is 1. The topological polar surface area (TPSA) is 86.3 Å². The fourth-order valence-electron chi connectivity index (χ4n) is 2.74. The van der Waals surface area contributed by atoms with E-state index in [1.54, 1.807) is 22.3 Å². The fraction of sp³-hybridized carbons (Fsp3) is 0.400. The van der Waals surface area contributed by atoms with E-state index in [0.29, 0.717) is 18.8 Å². The number of carboxylic acids is 1. The number of H-pyrrole nitrogens is 1. The lowest BCUT2D eigenvalue weighted by molar-refractivity contribution is -0.138. The third kappa shape index (κ3) is 3.19. The standard InChI is InChI=1S/C15H17N3O3S/c19-14(20)8-10-3-5-18(6-4-10)15(21)12-9-11(16-17-12)13-2-1-7-22-13/h1-2,7,9-10H,3-6,8H2,(H,16,17)(H,19,20). The SMILES string of the molecule is O=C(O)CC1CCN(C(=O)c2cc(-c3cccs3)[nH]n2)CC1. The van der Waals surface area contributed by atoms with E-state index in [9.17, 15) is 9.59 Å². The minimum Gasteiger partial charge on any atom is -0.481 e. The molecule has 1 aliphatic heterocycles. The van der Waals surface area contributed by atoms with Crippen molar-refractivity contribution in [1.82, 2.24) is 15.1 Å². The number of aromatic nitrogens is 2. The predicted molar refractivity (Wildman–Crippen MR) is 82.8 cm³/mol. The van der Waals surface area contributed by atoms with Gasteiger partial charge in [0, 0.05) is 19.5 Å². The minimum absolute atomic E-state index is 0.0900. The van der Waals surface area contributed by atoms with Gasteiger partial charge in [-0.15, -0.1) is 11.3 Å². The Morgan fingerprint density at radius 1 is 1.41 bits per heavy atom. The van der Waals surface area contributed by atoms with Crippen LogP contribution in [0.5, 0.6) is 0 Å². The summed E-state index contributed by atoms with van der Waals surface area (Å²) < 4.78 is 0. The molecule has 0 bridgehead atoms. The van der Waals surface area contributed by atoms with E-state index in [4.69, 9.17) is 5.11 Å². The molecule has 116 valence electrons. The Kier molecular flexibility index (Phi) is 4.24. The van der Waals surface area contributed by atoms with Gasteiger partial charge in [-0.1, -0.05) is 6.07 Å². The van der Waals surface area contributed by atoms with Crippen LogP contribution in [0.2, 0.25) is 0 Å². The van der Waals surface area contributed by atoms with Gasteiger partial charge in [-0.2, -0.15) is 5.10 Å². The lowest BCUT2D eigenvalue weighted by Gasteiger charge is -2.30. The Hall–Kier alpha value is -2.15. The highest BCUT2D eigenvalue weighted by Gasteiger charge is 2.26. The molecule has 22 heavy (non-hydrogen) atoms. The zero-order valence-electron chi connectivity index (χ0n) is 12.0. The van der Waals surface area contributed by atoms with Crippen LogP contribution in [0.25, 0.3) is 10.6 Å². The summed E-state index contributed by atoms with van der Waals surface area (Å²) in [5, 5.41) is 17.8. The van der Waals surface area contributed by atoms with Crippen molar-refractivity contribution in [1.29, 1.82) is 0 Å². The molecule has 1 saturated heterocycles. The smallest absolute Gasteiger partial charge is 0.303 e. The first-order valence-electron chi connectivity index (χ1n) is 7.24. The number of nitrogens with one attached hydrogen (secondary N) is 1. The van der Waals surface area contributed by atoms with Crippen molar-refractivity contribution in [2.24, 2.45) is 5.92 Å². The molecule has 2 aromatic heterocycles. The van der Waals surface area contributed by atoms with Crippen LogP contribution in [0.4, 0.5) is 0 Å². The maximum absolute atomic E-state index is 12.4. The van der Waals surface area contributed by atoms with E-state index in [0.717, 1.165) is 23.4 Å². The molecule has 2 N–H and O–H groups in total. The molecule has 1 amide bonds. The van der Waals surface area contributed by atoms with Crippen LogP contribution in [-0.2, 0) is 4.79 Å². The molecule has 0 aromatic carbocycles.